The van der Waals surface area contributed by atoms with Crippen LogP contribution in [0, 0.1) is 0 Å². The number of aliphatic hydroxyl groups is 1. The van der Waals surface area contributed by atoms with E-state index in [-0.39, 0.29) is 0 Å². The van der Waals surface area contributed by atoms with E-state index in [0.717, 1.165) is 23.5 Å². The van der Waals surface area contributed by atoms with E-state index in [9.17, 15) is 5.11 Å². The molecule has 3 heteroatoms. The molecule has 0 aliphatic carbocycles. The van der Waals surface area contributed by atoms with E-state index in [1.165, 1.54) is 0 Å². The fraction of sp³-hybridized carbons (Fsp3) is 0.500. The zero-order valence-corrected chi connectivity index (χ0v) is 9.12. The van der Waals surface area contributed by atoms with Gasteiger partial charge in [0.2, 0.25) is 0 Å². The molecule has 1 aliphatic heterocycles. The van der Waals surface area contributed by atoms with Crippen LogP contribution in [0.25, 0.3) is 0 Å². The minimum atomic E-state index is -0.843. The highest BCUT2D eigenvalue weighted by Crippen LogP contribution is 2.33. The van der Waals surface area contributed by atoms with Gasteiger partial charge in [-0.2, -0.15) is 0 Å². The summed E-state index contributed by atoms with van der Waals surface area (Å²) in [5.41, 5.74) is -0.00298. The summed E-state index contributed by atoms with van der Waals surface area (Å²) in [6.45, 7) is 4.87. The fourth-order valence-electron chi connectivity index (χ4n) is 1.54. The van der Waals surface area contributed by atoms with Gasteiger partial charge in [-0.05, 0) is 31.5 Å². The molecule has 0 aromatic heterocycles. The van der Waals surface area contributed by atoms with E-state index < -0.39 is 5.60 Å². The average Bonchev–Trinajstić information content (AvgIpc) is 2.39. The zero-order chi connectivity index (χ0) is 10.9. The molecule has 1 aromatic rings. The van der Waals surface area contributed by atoms with Crippen LogP contribution in [0.2, 0.25) is 0 Å². The maximum atomic E-state index is 9.86. The monoisotopic (exact) mass is 208 g/mol. The van der Waals surface area contributed by atoms with Crippen molar-refractivity contribution in [1.82, 2.24) is 0 Å². The standard InChI is InChI=1S/C12H16O3/c1-12(2,13)9-4-5-10-11(8-9)15-7-3-6-14-10/h4-5,8,13H,3,6-7H2,1-2H3. The third-order valence-electron chi connectivity index (χ3n) is 2.45. The van der Waals surface area contributed by atoms with Crippen molar-refractivity contribution in [3.8, 4) is 11.5 Å². The van der Waals surface area contributed by atoms with Gasteiger partial charge in [-0.25, -0.2) is 0 Å². The molecule has 0 bridgehead atoms. The minimum Gasteiger partial charge on any atom is -0.490 e. The van der Waals surface area contributed by atoms with Crippen molar-refractivity contribution >= 4 is 0 Å². The maximum absolute atomic E-state index is 9.86. The van der Waals surface area contributed by atoms with Crippen molar-refractivity contribution in [2.24, 2.45) is 0 Å². The van der Waals surface area contributed by atoms with Gasteiger partial charge in [-0.3, -0.25) is 0 Å². The molecule has 82 valence electrons. The summed E-state index contributed by atoms with van der Waals surface area (Å²) >= 11 is 0. The molecule has 1 aromatic carbocycles. The number of rotatable bonds is 1. The maximum Gasteiger partial charge on any atom is 0.161 e. The third-order valence-corrected chi connectivity index (χ3v) is 2.45. The van der Waals surface area contributed by atoms with Gasteiger partial charge >= 0.3 is 0 Å². The minimum absolute atomic E-state index is 0.669. The lowest BCUT2D eigenvalue weighted by molar-refractivity contribution is 0.0782. The van der Waals surface area contributed by atoms with Crippen LogP contribution in [0.5, 0.6) is 11.5 Å². The van der Waals surface area contributed by atoms with E-state index in [1.54, 1.807) is 13.8 Å². The highest BCUT2D eigenvalue weighted by Gasteiger charge is 2.19. The second-order valence-corrected chi connectivity index (χ2v) is 4.27. The number of hydrogen-bond acceptors (Lipinski definition) is 3. The molecule has 0 atom stereocenters. The van der Waals surface area contributed by atoms with Crippen LogP contribution >= 0.6 is 0 Å². The lowest BCUT2D eigenvalue weighted by Crippen LogP contribution is -2.15. The number of fused-ring (bicyclic) bond motifs is 1. The Labute approximate surface area is 89.6 Å². The molecule has 0 spiro atoms. The summed E-state index contributed by atoms with van der Waals surface area (Å²) in [4.78, 5) is 0. The van der Waals surface area contributed by atoms with E-state index in [1.807, 2.05) is 18.2 Å². The first kappa shape index (κ1) is 10.3. The van der Waals surface area contributed by atoms with E-state index in [0.29, 0.717) is 13.2 Å². The summed E-state index contributed by atoms with van der Waals surface area (Å²) in [6.07, 6.45) is 0.895. The van der Waals surface area contributed by atoms with Crippen LogP contribution in [0.1, 0.15) is 25.8 Å². The molecule has 0 saturated heterocycles. The molecule has 0 saturated carbocycles. The Hall–Kier alpha value is -1.22. The Balaban J connectivity index is 2.36. The second kappa shape index (κ2) is 3.74. The lowest BCUT2D eigenvalue weighted by atomic mass is 9.98. The summed E-state index contributed by atoms with van der Waals surface area (Å²) in [6, 6.07) is 5.57. The Morgan fingerprint density at radius 2 is 1.80 bits per heavy atom. The first-order valence-electron chi connectivity index (χ1n) is 5.20. The quantitative estimate of drug-likeness (QED) is 0.768. The molecule has 1 heterocycles. The van der Waals surface area contributed by atoms with Crippen molar-refractivity contribution in [1.29, 1.82) is 0 Å². The van der Waals surface area contributed by atoms with E-state index in [2.05, 4.69) is 0 Å². The van der Waals surface area contributed by atoms with Crippen molar-refractivity contribution in [2.75, 3.05) is 13.2 Å². The highest BCUT2D eigenvalue weighted by atomic mass is 16.5. The van der Waals surface area contributed by atoms with Crippen LogP contribution in [0.4, 0.5) is 0 Å². The van der Waals surface area contributed by atoms with Gasteiger partial charge in [-0.15, -0.1) is 0 Å². The third kappa shape index (κ3) is 2.23. The normalized spacial score (nSPS) is 15.9. The number of benzene rings is 1. The molecular formula is C12H16O3. The topological polar surface area (TPSA) is 38.7 Å². The second-order valence-electron chi connectivity index (χ2n) is 4.27. The summed E-state index contributed by atoms with van der Waals surface area (Å²) in [7, 11) is 0. The van der Waals surface area contributed by atoms with Crippen molar-refractivity contribution < 1.29 is 14.6 Å². The molecule has 1 aliphatic rings. The Morgan fingerprint density at radius 1 is 1.13 bits per heavy atom. The molecule has 0 amide bonds. The van der Waals surface area contributed by atoms with Gasteiger partial charge in [0.15, 0.2) is 11.5 Å². The van der Waals surface area contributed by atoms with Gasteiger partial charge in [0, 0.05) is 6.42 Å². The Kier molecular flexibility index (Phi) is 2.57. The zero-order valence-electron chi connectivity index (χ0n) is 9.12. The van der Waals surface area contributed by atoms with Crippen molar-refractivity contribution in [3.63, 3.8) is 0 Å². The summed E-state index contributed by atoms with van der Waals surface area (Å²) < 4.78 is 11.1. The average molecular weight is 208 g/mol. The largest absolute Gasteiger partial charge is 0.490 e. The molecule has 2 rings (SSSR count). The van der Waals surface area contributed by atoms with Gasteiger partial charge < -0.3 is 14.6 Å². The van der Waals surface area contributed by atoms with Gasteiger partial charge in [0.1, 0.15) is 0 Å². The molecule has 0 unspecified atom stereocenters. The molecular weight excluding hydrogens is 192 g/mol. The molecule has 0 radical (unpaired) electrons. The molecule has 15 heavy (non-hydrogen) atoms. The van der Waals surface area contributed by atoms with Crippen LogP contribution < -0.4 is 9.47 Å². The van der Waals surface area contributed by atoms with Crippen LogP contribution in [-0.2, 0) is 5.60 Å². The Bertz CT molecular complexity index is 352. The first-order valence-corrected chi connectivity index (χ1v) is 5.20. The van der Waals surface area contributed by atoms with Crippen molar-refractivity contribution in [3.05, 3.63) is 23.8 Å². The molecule has 0 fully saturated rings. The summed E-state index contributed by atoms with van der Waals surface area (Å²) in [5, 5.41) is 9.86. The number of ether oxygens (including phenoxy) is 2. The molecule has 3 nitrogen and oxygen atoms in total. The van der Waals surface area contributed by atoms with Crippen LogP contribution in [-0.4, -0.2) is 18.3 Å². The SMILES string of the molecule is CC(C)(O)c1ccc2c(c1)OCCCO2. The van der Waals surface area contributed by atoms with E-state index >= 15 is 0 Å². The predicted octanol–water partition coefficient (Wildman–Crippen LogP) is 2.08. The van der Waals surface area contributed by atoms with Gasteiger partial charge in [0.25, 0.3) is 0 Å². The summed E-state index contributed by atoms with van der Waals surface area (Å²) in [5.74, 6) is 1.49. The van der Waals surface area contributed by atoms with Crippen LogP contribution in [0.3, 0.4) is 0 Å². The predicted molar refractivity (Wildman–Crippen MR) is 57.3 cm³/mol. The van der Waals surface area contributed by atoms with E-state index in [4.69, 9.17) is 9.47 Å². The Morgan fingerprint density at radius 3 is 2.47 bits per heavy atom. The van der Waals surface area contributed by atoms with Gasteiger partial charge in [-0.1, -0.05) is 6.07 Å². The first-order chi connectivity index (χ1) is 7.07. The lowest BCUT2D eigenvalue weighted by Gasteiger charge is -2.19. The smallest absolute Gasteiger partial charge is 0.161 e. The molecule has 1 N–H and O–H groups in total. The van der Waals surface area contributed by atoms with Crippen molar-refractivity contribution in [2.45, 2.75) is 25.9 Å². The van der Waals surface area contributed by atoms with Gasteiger partial charge in [0.05, 0.1) is 18.8 Å². The fourth-order valence-corrected chi connectivity index (χ4v) is 1.54. The number of hydrogen-bond donors (Lipinski definition) is 1. The highest BCUT2D eigenvalue weighted by molar-refractivity contribution is 5.44. The van der Waals surface area contributed by atoms with Crippen LogP contribution in [0.15, 0.2) is 18.2 Å².